The van der Waals surface area contributed by atoms with E-state index in [1.165, 1.54) is 30.8 Å². The van der Waals surface area contributed by atoms with Gasteiger partial charge in [-0.3, -0.25) is 0 Å². The molecule has 0 aromatic heterocycles. The second-order valence-electron chi connectivity index (χ2n) is 3.01. The Kier molecular flexibility index (Phi) is 3.05. The summed E-state index contributed by atoms with van der Waals surface area (Å²) in [5, 5.41) is 0. The number of thioether (sulfide) groups is 2. The van der Waals surface area contributed by atoms with Crippen molar-refractivity contribution in [2.24, 2.45) is 0 Å². The molecule has 2 fully saturated rings. The van der Waals surface area contributed by atoms with E-state index in [1.54, 1.807) is 0 Å². The lowest BCUT2D eigenvalue weighted by Crippen LogP contribution is -2.22. The van der Waals surface area contributed by atoms with Gasteiger partial charge in [0.05, 0.1) is 10.7 Å². The second-order valence-corrected chi connectivity index (χ2v) is 5.81. The van der Waals surface area contributed by atoms with E-state index in [1.807, 2.05) is 0 Å². The Balaban J connectivity index is 1.82. The van der Waals surface area contributed by atoms with E-state index >= 15 is 0 Å². The van der Waals surface area contributed by atoms with Crippen molar-refractivity contribution < 1.29 is 4.74 Å². The van der Waals surface area contributed by atoms with Crippen LogP contribution in [0.15, 0.2) is 0 Å². The van der Waals surface area contributed by atoms with Crippen molar-refractivity contribution in [1.29, 1.82) is 0 Å². The molecule has 11 heavy (non-hydrogen) atoms. The third kappa shape index (κ3) is 2.07. The summed E-state index contributed by atoms with van der Waals surface area (Å²) in [5.41, 5.74) is 0. The molecular formula is C8H14OS2. The van der Waals surface area contributed by atoms with E-state index in [4.69, 9.17) is 4.74 Å². The molecule has 0 aliphatic carbocycles. The maximum absolute atomic E-state index is 5.65. The predicted octanol–water partition coefficient (Wildman–Crippen LogP) is 2.36. The molecule has 0 spiro atoms. The van der Waals surface area contributed by atoms with Crippen LogP contribution < -0.4 is 0 Å². The SMILES string of the molecule is C1CSC(C2CCCO2)SC1. The van der Waals surface area contributed by atoms with Crippen molar-refractivity contribution in [1.82, 2.24) is 0 Å². The van der Waals surface area contributed by atoms with Gasteiger partial charge in [0.15, 0.2) is 0 Å². The van der Waals surface area contributed by atoms with Crippen LogP contribution in [0.3, 0.4) is 0 Å². The Morgan fingerprint density at radius 3 is 2.55 bits per heavy atom. The molecule has 0 bridgehead atoms. The summed E-state index contributed by atoms with van der Waals surface area (Å²) in [4.78, 5) is 0. The van der Waals surface area contributed by atoms with Gasteiger partial charge in [-0.05, 0) is 30.8 Å². The standard InChI is InChI=1S/C8H14OS2/c1-3-7(9-4-1)8-10-5-2-6-11-8/h7-8H,1-6H2. The third-order valence-corrected chi connectivity index (χ3v) is 5.25. The number of ether oxygens (including phenoxy) is 1. The lowest BCUT2D eigenvalue weighted by Gasteiger charge is -2.25. The molecule has 1 unspecified atom stereocenters. The highest BCUT2D eigenvalue weighted by Gasteiger charge is 2.27. The van der Waals surface area contributed by atoms with Crippen molar-refractivity contribution >= 4 is 23.5 Å². The zero-order chi connectivity index (χ0) is 7.52. The largest absolute Gasteiger partial charge is 0.376 e. The highest BCUT2D eigenvalue weighted by molar-refractivity contribution is 8.17. The minimum absolute atomic E-state index is 0.574. The third-order valence-electron chi connectivity index (χ3n) is 2.12. The minimum atomic E-state index is 0.574. The maximum Gasteiger partial charge on any atom is 0.0785 e. The van der Waals surface area contributed by atoms with Gasteiger partial charge in [-0.15, -0.1) is 23.5 Å². The Bertz CT molecular complexity index is 117. The highest BCUT2D eigenvalue weighted by atomic mass is 32.2. The molecule has 2 saturated heterocycles. The van der Waals surface area contributed by atoms with E-state index in [2.05, 4.69) is 23.5 Å². The van der Waals surface area contributed by atoms with Gasteiger partial charge in [0.1, 0.15) is 0 Å². The lowest BCUT2D eigenvalue weighted by atomic mass is 10.3. The molecule has 1 nitrogen and oxygen atoms in total. The van der Waals surface area contributed by atoms with Gasteiger partial charge in [0.2, 0.25) is 0 Å². The normalized spacial score (nSPS) is 34.4. The van der Waals surface area contributed by atoms with Crippen LogP contribution >= 0.6 is 23.5 Å². The molecule has 2 aliphatic heterocycles. The number of hydrogen-bond acceptors (Lipinski definition) is 3. The molecular weight excluding hydrogens is 176 g/mol. The van der Waals surface area contributed by atoms with Gasteiger partial charge >= 0.3 is 0 Å². The molecule has 64 valence electrons. The first kappa shape index (κ1) is 8.27. The molecule has 2 heterocycles. The molecule has 0 aromatic carbocycles. The molecule has 3 heteroatoms. The van der Waals surface area contributed by atoms with E-state index in [9.17, 15) is 0 Å². The molecule has 2 aliphatic rings. The summed E-state index contributed by atoms with van der Waals surface area (Å²) in [7, 11) is 0. The number of hydrogen-bond donors (Lipinski definition) is 0. The summed E-state index contributed by atoms with van der Waals surface area (Å²) < 4.78 is 6.41. The lowest BCUT2D eigenvalue weighted by molar-refractivity contribution is 0.123. The van der Waals surface area contributed by atoms with E-state index in [0.29, 0.717) is 6.10 Å². The van der Waals surface area contributed by atoms with E-state index in [-0.39, 0.29) is 0 Å². The smallest absolute Gasteiger partial charge is 0.0785 e. The molecule has 2 rings (SSSR count). The number of rotatable bonds is 1. The van der Waals surface area contributed by atoms with E-state index in [0.717, 1.165) is 11.2 Å². The van der Waals surface area contributed by atoms with Gasteiger partial charge < -0.3 is 4.74 Å². The van der Waals surface area contributed by atoms with Gasteiger partial charge in [-0.25, -0.2) is 0 Å². The summed E-state index contributed by atoms with van der Waals surface area (Å²) in [6.45, 7) is 1.00. The van der Waals surface area contributed by atoms with Gasteiger partial charge in [0, 0.05) is 6.61 Å². The quantitative estimate of drug-likeness (QED) is 0.628. The van der Waals surface area contributed by atoms with Crippen molar-refractivity contribution in [3.8, 4) is 0 Å². The molecule has 0 radical (unpaired) electrons. The molecule has 0 saturated carbocycles. The predicted molar refractivity (Wildman–Crippen MR) is 52.3 cm³/mol. The van der Waals surface area contributed by atoms with Crippen LogP contribution in [0.25, 0.3) is 0 Å². The Labute approximate surface area is 76.6 Å². The molecule has 0 N–H and O–H groups in total. The van der Waals surface area contributed by atoms with Crippen LogP contribution in [-0.2, 0) is 4.74 Å². The van der Waals surface area contributed by atoms with Crippen LogP contribution in [0.5, 0.6) is 0 Å². The fourth-order valence-electron chi connectivity index (χ4n) is 1.54. The van der Waals surface area contributed by atoms with Gasteiger partial charge in [-0.1, -0.05) is 0 Å². The highest BCUT2D eigenvalue weighted by Crippen LogP contribution is 2.37. The van der Waals surface area contributed by atoms with Crippen molar-refractivity contribution in [2.75, 3.05) is 18.1 Å². The summed E-state index contributed by atoms with van der Waals surface area (Å²) in [5.74, 6) is 2.69. The van der Waals surface area contributed by atoms with E-state index < -0.39 is 0 Å². The van der Waals surface area contributed by atoms with Gasteiger partial charge in [0.25, 0.3) is 0 Å². The molecule has 1 atom stereocenters. The summed E-state index contributed by atoms with van der Waals surface area (Å²) in [6, 6.07) is 0. The van der Waals surface area contributed by atoms with Crippen LogP contribution in [0, 0.1) is 0 Å². The zero-order valence-corrected chi connectivity index (χ0v) is 8.26. The fourth-order valence-corrected chi connectivity index (χ4v) is 4.63. The van der Waals surface area contributed by atoms with Crippen molar-refractivity contribution in [3.63, 3.8) is 0 Å². The second kappa shape index (κ2) is 4.06. The van der Waals surface area contributed by atoms with Crippen LogP contribution in [0.4, 0.5) is 0 Å². The first-order valence-corrected chi connectivity index (χ1v) is 6.41. The molecule has 0 amide bonds. The first-order valence-electron chi connectivity index (χ1n) is 4.31. The Morgan fingerprint density at radius 2 is 1.91 bits per heavy atom. The van der Waals surface area contributed by atoms with Crippen molar-refractivity contribution in [3.05, 3.63) is 0 Å². The molecule has 0 aromatic rings. The average molecular weight is 190 g/mol. The van der Waals surface area contributed by atoms with Crippen LogP contribution in [-0.4, -0.2) is 28.8 Å². The van der Waals surface area contributed by atoms with Crippen LogP contribution in [0.2, 0.25) is 0 Å². The minimum Gasteiger partial charge on any atom is -0.376 e. The Hall–Kier alpha value is 0.660. The summed E-state index contributed by atoms with van der Waals surface area (Å²) >= 11 is 4.20. The maximum atomic E-state index is 5.65. The fraction of sp³-hybridized carbons (Fsp3) is 1.00. The first-order chi connectivity index (χ1) is 5.47. The average Bonchev–Trinajstić information content (AvgIpc) is 2.58. The van der Waals surface area contributed by atoms with Crippen molar-refractivity contribution in [2.45, 2.75) is 29.9 Å². The zero-order valence-electron chi connectivity index (χ0n) is 6.62. The Morgan fingerprint density at radius 1 is 1.09 bits per heavy atom. The topological polar surface area (TPSA) is 9.23 Å². The van der Waals surface area contributed by atoms with Gasteiger partial charge in [-0.2, -0.15) is 0 Å². The van der Waals surface area contributed by atoms with Crippen LogP contribution in [0.1, 0.15) is 19.3 Å². The monoisotopic (exact) mass is 190 g/mol. The summed E-state index contributed by atoms with van der Waals surface area (Å²) in [6.07, 6.45) is 4.54.